The Balaban J connectivity index is 1.87. The molecule has 28 heavy (non-hydrogen) atoms. The van der Waals surface area contributed by atoms with Gasteiger partial charge in [-0.05, 0) is 47.7 Å². The average Bonchev–Trinajstić information content (AvgIpc) is 2.69. The molecule has 5 nitrogen and oxygen atoms in total. The highest BCUT2D eigenvalue weighted by Crippen LogP contribution is 2.16. The van der Waals surface area contributed by atoms with E-state index < -0.39 is 0 Å². The second kappa shape index (κ2) is 11.0. The third-order valence-electron chi connectivity index (χ3n) is 3.87. The van der Waals surface area contributed by atoms with Crippen LogP contribution in [0, 0.1) is 18.2 Å². The first kappa shape index (κ1) is 21.3. The fraction of sp³-hybridized carbons (Fsp3) is 0.238. The lowest BCUT2D eigenvalue weighted by molar-refractivity contribution is -0.115. The van der Waals surface area contributed by atoms with Crippen molar-refractivity contribution in [1.82, 2.24) is 10.6 Å². The summed E-state index contributed by atoms with van der Waals surface area (Å²) in [7, 11) is 1.62. The van der Waals surface area contributed by atoms with Crippen molar-refractivity contribution >= 4 is 29.3 Å². The molecule has 0 spiro atoms. The zero-order valence-electron chi connectivity index (χ0n) is 15.9. The van der Waals surface area contributed by atoms with Gasteiger partial charge in [-0.15, -0.1) is 6.42 Å². The molecule has 0 aliphatic carbocycles. The number of nitrogens with one attached hydrogen (secondary N) is 3. The predicted molar refractivity (Wildman–Crippen MR) is 115 cm³/mol. The minimum Gasteiger partial charge on any atom is -0.352 e. The van der Waals surface area contributed by atoms with E-state index in [1.54, 1.807) is 55.2 Å². The molecule has 0 unspecified atom stereocenters. The number of amides is 1. The van der Waals surface area contributed by atoms with Crippen LogP contribution in [-0.2, 0) is 17.1 Å². The maximum absolute atomic E-state index is 13.5. The summed E-state index contributed by atoms with van der Waals surface area (Å²) in [5, 5.41) is 8.88. The minimum atomic E-state index is -0.249. The fourth-order valence-corrected chi connectivity index (χ4v) is 3.09. The lowest BCUT2D eigenvalue weighted by atomic mass is 10.1. The Kier molecular flexibility index (Phi) is 8.37. The van der Waals surface area contributed by atoms with E-state index in [1.165, 1.54) is 6.07 Å². The number of nitrogens with zero attached hydrogens (tertiary/aromatic N) is 1. The predicted octanol–water partition coefficient (Wildman–Crippen LogP) is 2.97. The second-order valence-electron chi connectivity index (χ2n) is 5.90. The highest BCUT2D eigenvalue weighted by atomic mass is 32.2. The van der Waals surface area contributed by atoms with Crippen LogP contribution >= 0.6 is 11.8 Å². The summed E-state index contributed by atoms with van der Waals surface area (Å²) in [5.74, 6) is 3.26. The van der Waals surface area contributed by atoms with E-state index in [0.717, 1.165) is 16.9 Å². The van der Waals surface area contributed by atoms with E-state index in [2.05, 4.69) is 26.9 Å². The van der Waals surface area contributed by atoms with Gasteiger partial charge in [0.1, 0.15) is 5.82 Å². The molecule has 0 aliphatic heterocycles. The zero-order chi connectivity index (χ0) is 20.4. The molecule has 0 saturated carbocycles. The van der Waals surface area contributed by atoms with Crippen LogP contribution in [0.25, 0.3) is 0 Å². The molecule has 0 radical (unpaired) electrons. The first-order valence-corrected chi connectivity index (χ1v) is 10.0. The summed E-state index contributed by atoms with van der Waals surface area (Å²) in [6.07, 6.45) is 7.34. The summed E-state index contributed by atoms with van der Waals surface area (Å²) in [5.41, 5.74) is 3.25. The van der Waals surface area contributed by atoms with E-state index in [0.29, 0.717) is 23.8 Å². The number of anilines is 1. The van der Waals surface area contributed by atoms with Crippen molar-refractivity contribution in [3.63, 3.8) is 0 Å². The monoisotopic (exact) mass is 398 g/mol. The van der Waals surface area contributed by atoms with E-state index in [4.69, 9.17) is 6.42 Å². The highest BCUT2D eigenvalue weighted by Gasteiger charge is 2.07. The van der Waals surface area contributed by atoms with Gasteiger partial charge in [0.05, 0.1) is 6.54 Å². The summed E-state index contributed by atoms with van der Waals surface area (Å²) < 4.78 is 13.5. The van der Waals surface area contributed by atoms with Crippen LogP contribution in [0.3, 0.4) is 0 Å². The number of halogens is 1. The molecule has 0 bridgehead atoms. The summed E-state index contributed by atoms with van der Waals surface area (Å²) in [6.45, 7) is 0.517. The minimum absolute atomic E-state index is 0.0427. The molecule has 1 amide bonds. The van der Waals surface area contributed by atoms with Gasteiger partial charge in [0, 0.05) is 30.6 Å². The van der Waals surface area contributed by atoms with Crippen molar-refractivity contribution in [2.45, 2.75) is 12.3 Å². The third-order valence-corrected chi connectivity index (χ3v) is 4.47. The molecule has 7 heteroatoms. The summed E-state index contributed by atoms with van der Waals surface area (Å²) in [4.78, 5) is 16.2. The Bertz CT molecular complexity index is 892. The van der Waals surface area contributed by atoms with Crippen LogP contribution < -0.4 is 16.0 Å². The molecule has 0 saturated heterocycles. The molecule has 2 rings (SSSR count). The molecule has 0 heterocycles. The first-order chi connectivity index (χ1) is 13.5. The van der Waals surface area contributed by atoms with Crippen molar-refractivity contribution in [1.29, 1.82) is 0 Å². The van der Waals surface area contributed by atoms with E-state index >= 15 is 0 Å². The van der Waals surface area contributed by atoms with E-state index in [9.17, 15) is 9.18 Å². The molecule has 146 valence electrons. The lowest BCUT2D eigenvalue weighted by Gasteiger charge is -2.14. The van der Waals surface area contributed by atoms with Crippen LogP contribution in [0.4, 0.5) is 10.1 Å². The standard InChI is InChI=1S/C21H23FN4OS/c1-4-15-6-5-7-19(10-15)26-20(27)13-25-21(23-2)24-12-16-8-9-18(22)11-17(16)14-28-3/h1,5-11H,12-14H2,2-3H3,(H,26,27)(H2,23,24,25). The third kappa shape index (κ3) is 6.63. The van der Waals surface area contributed by atoms with E-state index in [-0.39, 0.29) is 18.3 Å². The molecule has 0 fully saturated rings. The number of carbonyl (C=O) groups is 1. The zero-order valence-corrected chi connectivity index (χ0v) is 16.7. The van der Waals surface area contributed by atoms with Crippen molar-refractivity contribution in [3.05, 3.63) is 65.0 Å². The van der Waals surface area contributed by atoms with Crippen LogP contribution in [0.1, 0.15) is 16.7 Å². The van der Waals surface area contributed by atoms with E-state index in [1.807, 2.05) is 6.26 Å². The molecule has 2 aromatic carbocycles. The SMILES string of the molecule is C#Cc1cccc(NC(=O)CNC(=NC)NCc2ccc(F)cc2CSC)c1. The Hall–Kier alpha value is -2.98. The highest BCUT2D eigenvalue weighted by molar-refractivity contribution is 7.97. The number of aliphatic imine (C=N–C) groups is 1. The average molecular weight is 399 g/mol. The molecule has 0 atom stereocenters. The number of rotatable bonds is 7. The lowest BCUT2D eigenvalue weighted by Crippen LogP contribution is -2.41. The van der Waals surface area contributed by atoms with Gasteiger partial charge in [-0.25, -0.2) is 4.39 Å². The van der Waals surface area contributed by atoms with Crippen LogP contribution in [0.5, 0.6) is 0 Å². The van der Waals surface area contributed by atoms with Crippen LogP contribution in [-0.4, -0.2) is 31.7 Å². The van der Waals surface area contributed by atoms with Gasteiger partial charge in [0.2, 0.25) is 5.91 Å². The molecular weight excluding hydrogens is 375 g/mol. The van der Waals surface area contributed by atoms with Crippen molar-refractivity contribution < 1.29 is 9.18 Å². The Morgan fingerprint density at radius 1 is 1.21 bits per heavy atom. The van der Waals surface area contributed by atoms with Gasteiger partial charge in [-0.3, -0.25) is 9.79 Å². The molecule has 0 aliphatic rings. The Morgan fingerprint density at radius 3 is 2.75 bits per heavy atom. The van der Waals surface area contributed by atoms with Crippen molar-refractivity contribution in [2.24, 2.45) is 4.99 Å². The number of guanidine groups is 1. The Labute approximate surface area is 169 Å². The number of carbonyl (C=O) groups excluding carboxylic acids is 1. The van der Waals surface area contributed by atoms with Crippen LogP contribution in [0.2, 0.25) is 0 Å². The second-order valence-corrected chi connectivity index (χ2v) is 6.76. The maximum atomic E-state index is 13.5. The number of hydrogen-bond acceptors (Lipinski definition) is 3. The molecular formula is C21H23FN4OS. The summed E-state index contributed by atoms with van der Waals surface area (Å²) >= 11 is 1.63. The maximum Gasteiger partial charge on any atom is 0.243 e. The van der Waals surface area contributed by atoms with Gasteiger partial charge in [-0.1, -0.05) is 18.1 Å². The van der Waals surface area contributed by atoms with Gasteiger partial charge in [0.15, 0.2) is 5.96 Å². The number of thioether (sulfide) groups is 1. The van der Waals surface area contributed by atoms with Crippen molar-refractivity contribution in [3.8, 4) is 12.3 Å². The number of terminal acetylenes is 1. The fourth-order valence-electron chi connectivity index (χ4n) is 2.51. The van der Waals surface area contributed by atoms with Gasteiger partial charge in [-0.2, -0.15) is 11.8 Å². The normalized spacial score (nSPS) is 10.9. The Morgan fingerprint density at radius 2 is 2.04 bits per heavy atom. The smallest absolute Gasteiger partial charge is 0.243 e. The van der Waals surface area contributed by atoms with Gasteiger partial charge in [0.25, 0.3) is 0 Å². The molecule has 0 aromatic heterocycles. The molecule has 2 aromatic rings. The number of hydrogen-bond donors (Lipinski definition) is 3. The largest absolute Gasteiger partial charge is 0.352 e. The first-order valence-electron chi connectivity index (χ1n) is 8.63. The number of benzene rings is 2. The van der Waals surface area contributed by atoms with Gasteiger partial charge >= 0.3 is 0 Å². The molecule has 3 N–H and O–H groups in total. The summed E-state index contributed by atoms with van der Waals surface area (Å²) in [6, 6.07) is 11.8. The van der Waals surface area contributed by atoms with Gasteiger partial charge < -0.3 is 16.0 Å². The van der Waals surface area contributed by atoms with Crippen LogP contribution in [0.15, 0.2) is 47.5 Å². The van der Waals surface area contributed by atoms with Crippen molar-refractivity contribution in [2.75, 3.05) is 25.2 Å². The topological polar surface area (TPSA) is 65.5 Å². The quantitative estimate of drug-likeness (QED) is 0.381.